The highest BCUT2D eigenvalue weighted by Crippen LogP contribution is 2.16. The molecule has 1 aliphatic rings. The van der Waals surface area contributed by atoms with Crippen LogP contribution in [-0.2, 0) is 0 Å². The third-order valence-electron chi connectivity index (χ3n) is 3.48. The molecule has 3 N–H and O–H groups in total. The lowest BCUT2D eigenvalue weighted by Gasteiger charge is -2.31. The molecule has 0 unspecified atom stereocenters. The summed E-state index contributed by atoms with van der Waals surface area (Å²) in [5, 5.41) is 5.73. The lowest BCUT2D eigenvalue weighted by atomic mass is 10.1. The second kappa shape index (κ2) is 6.31. The molecule has 1 atom stereocenters. The van der Waals surface area contributed by atoms with E-state index in [9.17, 15) is 4.79 Å². The lowest BCUT2D eigenvalue weighted by Crippen LogP contribution is -2.46. The molecule has 0 aromatic carbocycles. The van der Waals surface area contributed by atoms with E-state index in [1.54, 1.807) is 24.3 Å². The third kappa shape index (κ3) is 3.45. The summed E-state index contributed by atoms with van der Waals surface area (Å²) >= 11 is 1.72. The van der Waals surface area contributed by atoms with Crippen LogP contribution in [-0.4, -0.2) is 50.7 Å². The highest BCUT2D eigenvalue weighted by molar-refractivity contribution is 7.96. The molecule has 0 radical (unpaired) electrons. The number of amides is 2. The Balaban J connectivity index is 1.58. The van der Waals surface area contributed by atoms with Crippen LogP contribution in [0.25, 0.3) is 11.2 Å². The van der Waals surface area contributed by atoms with E-state index in [1.165, 1.54) is 0 Å². The molecule has 0 spiro atoms. The normalized spacial score (nSPS) is 19.6. The van der Waals surface area contributed by atoms with Crippen molar-refractivity contribution in [1.82, 2.24) is 24.6 Å². The summed E-state index contributed by atoms with van der Waals surface area (Å²) in [4.78, 5) is 23.5. The maximum absolute atomic E-state index is 12.0. The number of aromatic amines is 1. The molecule has 1 fully saturated rings. The van der Waals surface area contributed by atoms with Crippen molar-refractivity contribution in [2.24, 2.45) is 0 Å². The number of carbonyl (C=O) groups excluding carboxylic acids is 1. The van der Waals surface area contributed by atoms with Crippen LogP contribution in [0.5, 0.6) is 0 Å². The number of hydrogen-bond donors (Lipinski definition) is 3. The van der Waals surface area contributed by atoms with E-state index in [0.717, 1.165) is 31.4 Å². The van der Waals surface area contributed by atoms with Crippen LogP contribution in [0, 0.1) is 0 Å². The van der Waals surface area contributed by atoms with Gasteiger partial charge in [0.25, 0.3) is 0 Å². The van der Waals surface area contributed by atoms with Crippen LogP contribution in [0.1, 0.15) is 12.8 Å². The first-order chi connectivity index (χ1) is 10.2. The van der Waals surface area contributed by atoms with Gasteiger partial charge < -0.3 is 10.3 Å². The van der Waals surface area contributed by atoms with Crippen LogP contribution in [0.15, 0.2) is 18.5 Å². The Morgan fingerprint density at radius 2 is 2.48 bits per heavy atom. The highest BCUT2D eigenvalue weighted by Gasteiger charge is 2.21. The molecule has 0 bridgehead atoms. The first-order valence-electron chi connectivity index (χ1n) is 6.91. The fourth-order valence-electron chi connectivity index (χ4n) is 2.45. The first-order valence-corrected chi connectivity index (χ1v) is 8.09. The van der Waals surface area contributed by atoms with Crippen LogP contribution >= 0.6 is 11.9 Å². The number of fused-ring (bicyclic) bond motifs is 1. The van der Waals surface area contributed by atoms with Crippen molar-refractivity contribution >= 4 is 35.0 Å². The number of carbonyl (C=O) groups is 1. The van der Waals surface area contributed by atoms with Crippen LogP contribution in [0.2, 0.25) is 0 Å². The smallest absolute Gasteiger partial charge is 0.320 e. The van der Waals surface area contributed by atoms with Gasteiger partial charge in [0, 0.05) is 25.3 Å². The average Bonchev–Trinajstić information content (AvgIpc) is 2.95. The molecule has 21 heavy (non-hydrogen) atoms. The molecule has 0 saturated carbocycles. The molecule has 1 saturated heterocycles. The van der Waals surface area contributed by atoms with Gasteiger partial charge >= 0.3 is 6.03 Å². The summed E-state index contributed by atoms with van der Waals surface area (Å²) in [7, 11) is 0. The highest BCUT2D eigenvalue weighted by atomic mass is 32.2. The fraction of sp³-hybridized carbons (Fsp3) is 0.462. The van der Waals surface area contributed by atoms with E-state index in [-0.39, 0.29) is 12.1 Å². The van der Waals surface area contributed by atoms with E-state index >= 15 is 0 Å². The summed E-state index contributed by atoms with van der Waals surface area (Å²) in [6.07, 6.45) is 7.49. The number of hydrogen-bond acceptors (Lipinski definition) is 5. The number of nitrogens with one attached hydrogen (secondary N) is 3. The first kappa shape index (κ1) is 14.2. The van der Waals surface area contributed by atoms with Gasteiger partial charge in [0.15, 0.2) is 11.5 Å². The second-order valence-corrected chi connectivity index (χ2v) is 5.86. The van der Waals surface area contributed by atoms with Gasteiger partial charge in [-0.3, -0.25) is 5.32 Å². The van der Waals surface area contributed by atoms with Crippen molar-refractivity contribution in [3.63, 3.8) is 0 Å². The van der Waals surface area contributed by atoms with Gasteiger partial charge in [-0.25, -0.2) is 19.1 Å². The van der Waals surface area contributed by atoms with Crippen molar-refractivity contribution in [1.29, 1.82) is 0 Å². The molecular weight excluding hydrogens is 288 g/mol. The molecule has 8 heteroatoms. The maximum atomic E-state index is 12.0. The van der Waals surface area contributed by atoms with Crippen LogP contribution < -0.4 is 10.6 Å². The Kier molecular flexibility index (Phi) is 4.26. The topological polar surface area (TPSA) is 85.9 Å². The molecule has 0 aliphatic carbocycles. The van der Waals surface area contributed by atoms with E-state index in [2.05, 4.69) is 36.1 Å². The zero-order valence-electron chi connectivity index (χ0n) is 11.8. The zero-order valence-corrected chi connectivity index (χ0v) is 12.6. The summed E-state index contributed by atoms with van der Waals surface area (Å²) in [5.41, 5.74) is 1.45. The van der Waals surface area contributed by atoms with Gasteiger partial charge in [0.05, 0.1) is 6.20 Å². The van der Waals surface area contributed by atoms with Crippen molar-refractivity contribution in [2.45, 2.75) is 18.9 Å². The molecule has 112 valence electrons. The van der Waals surface area contributed by atoms with E-state index < -0.39 is 0 Å². The largest absolute Gasteiger partial charge is 0.345 e. The van der Waals surface area contributed by atoms with Crippen LogP contribution in [0.3, 0.4) is 0 Å². The maximum Gasteiger partial charge on any atom is 0.320 e. The number of H-pyrrole nitrogens is 1. The van der Waals surface area contributed by atoms with Gasteiger partial charge in [0.1, 0.15) is 5.52 Å². The summed E-state index contributed by atoms with van der Waals surface area (Å²) in [6.45, 7) is 1.95. The second-order valence-electron chi connectivity index (χ2n) is 4.97. The summed E-state index contributed by atoms with van der Waals surface area (Å²) < 4.78 is 2.26. The van der Waals surface area contributed by atoms with Gasteiger partial charge in [0.2, 0.25) is 0 Å². The van der Waals surface area contributed by atoms with E-state index in [0.29, 0.717) is 11.5 Å². The number of urea groups is 1. The van der Waals surface area contributed by atoms with Gasteiger partial charge in [-0.05, 0) is 25.2 Å². The predicted octanol–water partition coefficient (Wildman–Crippen LogP) is 1.82. The predicted molar refractivity (Wildman–Crippen MR) is 84.2 cm³/mol. The SMILES string of the molecule is CSN1CCC[C@@H](NC(=O)Nc2cnc3[nH]ccc3n2)C1. The van der Waals surface area contributed by atoms with Crippen molar-refractivity contribution in [3.05, 3.63) is 18.5 Å². The Hall–Kier alpha value is -1.80. The Labute approximate surface area is 127 Å². The quantitative estimate of drug-likeness (QED) is 0.753. The Morgan fingerprint density at radius 1 is 1.57 bits per heavy atom. The molecule has 7 nitrogen and oxygen atoms in total. The van der Waals surface area contributed by atoms with Crippen molar-refractivity contribution in [3.8, 4) is 0 Å². The van der Waals surface area contributed by atoms with Gasteiger partial charge in [-0.15, -0.1) is 0 Å². The van der Waals surface area contributed by atoms with E-state index in [1.807, 2.05) is 6.07 Å². The average molecular weight is 306 g/mol. The zero-order chi connectivity index (χ0) is 14.7. The molecular formula is C13H18N6OS. The fourth-order valence-corrected chi connectivity index (χ4v) is 3.10. The monoisotopic (exact) mass is 306 g/mol. The third-order valence-corrected chi connectivity index (χ3v) is 4.33. The van der Waals surface area contributed by atoms with Gasteiger partial charge in [-0.2, -0.15) is 0 Å². The summed E-state index contributed by atoms with van der Waals surface area (Å²) in [6, 6.07) is 1.77. The molecule has 2 amide bonds. The molecule has 2 aromatic heterocycles. The van der Waals surface area contributed by atoms with Crippen LogP contribution in [0.4, 0.5) is 10.6 Å². The molecule has 3 rings (SSSR count). The number of anilines is 1. The van der Waals surface area contributed by atoms with Crippen molar-refractivity contribution < 1.29 is 4.79 Å². The standard InChI is InChI=1S/C13H18N6OS/c1-21-19-6-2-3-9(8-19)16-13(20)18-11-7-15-12-10(17-11)4-5-14-12/h4-5,7,9H,2-3,6,8H2,1H3,(H,14,15)(H2,16,17,18,20)/t9-/m1/s1. The molecule has 1 aliphatic heterocycles. The number of aromatic nitrogens is 3. The van der Waals surface area contributed by atoms with Gasteiger partial charge in [-0.1, -0.05) is 11.9 Å². The number of nitrogens with zero attached hydrogens (tertiary/aromatic N) is 3. The lowest BCUT2D eigenvalue weighted by molar-refractivity contribution is 0.239. The van der Waals surface area contributed by atoms with Crippen molar-refractivity contribution in [2.75, 3.05) is 24.7 Å². The molecule has 3 heterocycles. The Morgan fingerprint density at radius 3 is 3.33 bits per heavy atom. The number of rotatable bonds is 3. The molecule has 2 aromatic rings. The number of piperidine rings is 1. The Bertz CT molecular complexity index is 630. The van der Waals surface area contributed by atoms with E-state index in [4.69, 9.17) is 0 Å². The minimum absolute atomic E-state index is 0.176. The minimum Gasteiger partial charge on any atom is -0.345 e. The minimum atomic E-state index is -0.230. The summed E-state index contributed by atoms with van der Waals surface area (Å²) in [5.74, 6) is 0.456.